The van der Waals surface area contributed by atoms with Crippen LogP contribution < -0.4 is 5.32 Å². The van der Waals surface area contributed by atoms with Crippen LogP contribution in [0.5, 0.6) is 0 Å². The molecule has 0 saturated carbocycles. The molecule has 0 spiro atoms. The van der Waals surface area contributed by atoms with Crippen LogP contribution in [0.15, 0.2) is 41.0 Å². The first-order valence-electron chi connectivity index (χ1n) is 6.24. The van der Waals surface area contributed by atoms with Crippen molar-refractivity contribution in [3.8, 4) is 0 Å². The molecule has 0 bridgehead atoms. The minimum Gasteiger partial charge on any atom is -0.383 e. The Hall–Kier alpha value is -1.17. The van der Waals surface area contributed by atoms with Crippen LogP contribution in [0.1, 0.15) is 11.3 Å². The zero-order valence-electron chi connectivity index (χ0n) is 11.0. The van der Waals surface area contributed by atoms with Gasteiger partial charge in [0, 0.05) is 30.9 Å². The molecule has 4 nitrogen and oxygen atoms in total. The molecule has 0 aliphatic carbocycles. The van der Waals surface area contributed by atoms with E-state index in [1.165, 1.54) is 11.3 Å². The Balaban J connectivity index is 1.95. The summed E-state index contributed by atoms with van der Waals surface area (Å²) in [7, 11) is 1.71. The van der Waals surface area contributed by atoms with E-state index >= 15 is 0 Å². The third-order valence-corrected chi connectivity index (χ3v) is 3.31. The molecule has 2 rings (SSSR count). The molecular formula is C14H18BrN3O. The van der Waals surface area contributed by atoms with Crippen molar-refractivity contribution >= 4 is 15.9 Å². The lowest BCUT2D eigenvalue weighted by Gasteiger charge is -2.09. The van der Waals surface area contributed by atoms with Crippen molar-refractivity contribution < 1.29 is 4.74 Å². The minimum absolute atomic E-state index is 0.722. The Morgan fingerprint density at radius 1 is 1.37 bits per heavy atom. The van der Waals surface area contributed by atoms with E-state index in [0.717, 1.165) is 30.7 Å². The van der Waals surface area contributed by atoms with Crippen LogP contribution in [0, 0.1) is 0 Å². The molecule has 1 aromatic carbocycles. The van der Waals surface area contributed by atoms with Crippen molar-refractivity contribution in [2.45, 2.75) is 13.1 Å². The van der Waals surface area contributed by atoms with Crippen molar-refractivity contribution in [2.75, 3.05) is 20.3 Å². The van der Waals surface area contributed by atoms with Gasteiger partial charge in [-0.3, -0.25) is 4.68 Å². The van der Waals surface area contributed by atoms with Gasteiger partial charge in [0.15, 0.2) is 0 Å². The first kappa shape index (κ1) is 14.2. The highest BCUT2D eigenvalue weighted by Gasteiger charge is 2.03. The number of nitrogens with one attached hydrogen (secondary N) is 1. The second-order valence-electron chi connectivity index (χ2n) is 4.28. The highest BCUT2D eigenvalue weighted by Crippen LogP contribution is 2.13. The molecule has 0 radical (unpaired) electrons. The van der Waals surface area contributed by atoms with Crippen LogP contribution in [-0.2, 0) is 17.8 Å². The van der Waals surface area contributed by atoms with E-state index in [1.54, 1.807) is 7.11 Å². The molecule has 1 aromatic heterocycles. The summed E-state index contributed by atoms with van der Waals surface area (Å²) >= 11 is 3.49. The summed E-state index contributed by atoms with van der Waals surface area (Å²) in [5, 5.41) is 7.70. The summed E-state index contributed by atoms with van der Waals surface area (Å²) < 4.78 is 8.12. The zero-order chi connectivity index (χ0) is 13.5. The quantitative estimate of drug-likeness (QED) is 0.795. The van der Waals surface area contributed by atoms with E-state index in [4.69, 9.17) is 4.74 Å². The first-order chi connectivity index (χ1) is 9.29. The number of rotatable bonds is 7. The topological polar surface area (TPSA) is 39.1 Å². The summed E-state index contributed by atoms with van der Waals surface area (Å²) in [6, 6.07) is 10.3. The van der Waals surface area contributed by atoms with Gasteiger partial charge in [0.05, 0.1) is 18.8 Å². The molecule has 2 aromatic rings. The average molecular weight is 324 g/mol. The molecule has 1 N–H and O–H groups in total. The van der Waals surface area contributed by atoms with Gasteiger partial charge in [-0.15, -0.1) is 0 Å². The van der Waals surface area contributed by atoms with Crippen LogP contribution in [0.3, 0.4) is 0 Å². The van der Waals surface area contributed by atoms with Crippen molar-refractivity contribution in [1.82, 2.24) is 15.1 Å². The molecule has 5 heteroatoms. The Kier molecular flexibility index (Phi) is 5.57. The predicted octanol–water partition coefficient (Wildman–Crippen LogP) is 2.43. The van der Waals surface area contributed by atoms with Gasteiger partial charge in [-0.1, -0.05) is 28.1 Å². The molecule has 0 saturated heterocycles. The standard InChI is InChI=1S/C14H18BrN3O/c1-19-8-7-16-10-14-5-6-17-18(14)11-12-3-2-4-13(15)9-12/h2-6,9,16H,7-8,10-11H2,1H3. The van der Waals surface area contributed by atoms with Gasteiger partial charge >= 0.3 is 0 Å². The number of aromatic nitrogens is 2. The molecule has 0 amide bonds. The largest absolute Gasteiger partial charge is 0.383 e. The molecule has 1 heterocycles. The third-order valence-electron chi connectivity index (χ3n) is 2.81. The van der Waals surface area contributed by atoms with Gasteiger partial charge in [0.25, 0.3) is 0 Å². The fourth-order valence-electron chi connectivity index (χ4n) is 1.85. The lowest BCUT2D eigenvalue weighted by molar-refractivity contribution is 0.199. The van der Waals surface area contributed by atoms with E-state index in [-0.39, 0.29) is 0 Å². The van der Waals surface area contributed by atoms with Gasteiger partial charge in [0.2, 0.25) is 0 Å². The van der Waals surface area contributed by atoms with Gasteiger partial charge in [-0.05, 0) is 23.8 Å². The normalized spacial score (nSPS) is 10.8. The van der Waals surface area contributed by atoms with Gasteiger partial charge in [0.1, 0.15) is 0 Å². The number of methoxy groups -OCH3 is 1. The average Bonchev–Trinajstić information content (AvgIpc) is 2.82. The maximum Gasteiger partial charge on any atom is 0.0663 e. The van der Waals surface area contributed by atoms with E-state index < -0.39 is 0 Å². The Morgan fingerprint density at radius 2 is 2.26 bits per heavy atom. The maximum atomic E-state index is 5.01. The highest BCUT2D eigenvalue weighted by atomic mass is 79.9. The number of benzene rings is 1. The Labute approximate surface area is 121 Å². The van der Waals surface area contributed by atoms with E-state index in [1.807, 2.05) is 29.1 Å². The summed E-state index contributed by atoms with van der Waals surface area (Å²) in [6.07, 6.45) is 1.84. The summed E-state index contributed by atoms with van der Waals surface area (Å²) in [5.41, 5.74) is 2.41. The summed E-state index contributed by atoms with van der Waals surface area (Å²) in [4.78, 5) is 0. The van der Waals surface area contributed by atoms with E-state index in [2.05, 4.69) is 38.5 Å². The fourth-order valence-corrected chi connectivity index (χ4v) is 2.30. The van der Waals surface area contributed by atoms with Crippen molar-refractivity contribution in [3.63, 3.8) is 0 Å². The number of ether oxygens (including phenoxy) is 1. The molecule has 19 heavy (non-hydrogen) atoms. The predicted molar refractivity (Wildman–Crippen MR) is 79.1 cm³/mol. The number of halogens is 1. The van der Waals surface area contributed by atoms with Crippen molar-refractivity contribution in [3.05, 3.63) is 52.3 Å². The Bertz CT molecular complexity index is 513. The second kappa shape index (κ2) is 7.43. The number of hydrogen-bond acceptors (Lipinski definition) is 3. The summed E-state index contributed by atoms with van der Waals surface area (Å²) in [5.74, 6) is 0. The second-order valence-corrected chi connectivity index (χ2v) is 5.20. The van der Waals surface area contributed by atoms with E-state index in [0.29, 0.717) is 0 Å². The lowest BCUT2D eigenvalue weighted by atomic mass is 10.2. The van der Waals surface area contributed by atoms with Gasteiger partial charge in [-0.2, -0.15) is 5.10 Å². The van der Waals surface area contributed by atoms with Crippen LogP contribution in [0.2, 0.25) is 0 Å². The van der Waals surface area contributed by atoms with Gasteiger partial charge < -0.3 is 10.1 Å². The number of hydrogen-bond donors (Lipinski definition) is 1. The molecular weight excluding hydrogens is 306 g/mol. The lowest BCUT2D eigenvalue weighted by Crippen LogP contribution is -2.21. The van der Waals surface area contributed by atoms with Crippen LogP contribution in [0.25, 0.3) is 0 Å². The van der Waals surface area contributed by atoms with Crippen LogP contribution >= 0.6 is 15.9 Å². The minimum atomic E-state index is 0.722. The smallest absolute Gasteiger partial charge is 0.0663 e. The molecule has 0 aliphatic heterocycles. The number of nitrogens with zero attached hydrogens (tertiary/aromatic N) is 2. The monoisotopic (exact) mass is 323 g/mol. The van der Waals surface area contributed by atoms with Crippen molar-refractivity contribution in [2.24, 2.45) is 0 Å². The molecule has 102 valence electrons. The van der Waals surface area contributed by atoms with Gasteiger partial charge in [-0.25, -0.2) is 0 Å². The van der Waals surface area contributed by atoms with Crippen molar-refractivity contribution in [1.29, 1.82) is 0 Å². The maximum absolute atomic E-state index is 5.01. The zero-order valence-corrected chi connectivity index (χ0v) is 12.6. The van der Waals surface area contributed by atoms with Crippen LogP contribution in [-0.4, -0.2) is 30.0 Å². The molecule has 0 aliphatic rings. The third kappa shape index (κ3) is 4.45. The Morgan fingerprint density at radius 3 is 3.05 bits per heavy atom. The summed E-state index contributed by atoms with van der Waals surface area (Å²) in [6.45, 7) is 3.16. The highest BCUT2D eigenvalue weighted by molar-refractivity contribution is 9.10. The SMILES string of the molecule is COCCNCc1ccnn1Cc1cccc(Br)c1. The molecule has 0 fully saturated rings. The first-order valence-corrected chi connectivity index (χ1v) is 7.03. The fraction of sp³-hybridized carbons (Fsp3) is 0.357. The van der Waals surface area contributed by atoms with Crippen LogP contribution in [0.4, 0.5) is 0 Å². The molecule has 0 unspecified atom stereocenters. The van der Waals surface area contributed by atoms with E-state index in [9.17, 15) is 0 Å². The molecule has 0 atom stereocenters.